The minimum atomic E-state index is -0.924. The minimum absolute atomic E-state index is 0.0701. The highest BCUT2D eigenvalue weighted by molar-refractivity contribution is 5.87. The van der Waals surface area contributed by atoms with Gasteiger partial charge in [0, 0.05) is 30.8 Å². The largest absolute Gasteiger partial charge is 0.481 e. The highest BCUT2D eigenvalue weighted by atomic mass is 16.4. The van der Waals surface area contributed by atoms with Crippen LogP contribution in [0.15, 0.2) is 12.4 Å². The summed E-state index contributed by atoms with van der Waals surface area (Å²) in [6.07, 6.45) is 3.58. The van der Waals surface area contributed by atoms with Crippen LogP contribution in [0.1, 0.15) is 44.8 Å². The third-order valence-corrected chi connectivity index (χ3v) is 3.58. The molecular weight excluding hydrogens is 246 g/mol. The Morgan fingerprint density at radius 3 is 2.74 bits per heavy atom. The number of amides is 1. The van der Waals surface area contributed by atoms with Crippen molar-refractivity contribution in [2.75, 3.05) is 6.54 Å². The first kappa shape index (κ1) is 13.6. The van der Waals surface area contributed by atoms with Crippen molar-refractivity contribution in [1.82, 2.24) is 14.7 Å². The molecule has 0 bridgehead atoms. The van der Waals surface area contributed by atoms with Gasteiger partial charge < -0.3 is 10.0 Å². The van der Waals surface area contributed by atoms with Crippen LogP contribution in [0.25, 0.3) is 0 Å². The molecule has 1 aliphatic heterocycles. The maximum Gasteiger partial charge on any atom is 0.309 e. The van der Waals surface area contributed by atoms with Crippen molar-refractivity contribution in [3.05, 3.63) is 18.0 Å². The van der Waals surface area contributed by atoms with E-state index in [1.807, 2.05) is 27.0 Å². The number of carboxylic acids is 1. The minimum Gasteiger partial charge on any atom is -0.481 e. The molecule has 1 amide bonds. The summed E-state index contributed by atoms with van der Waals surface area (Å²) < 4.78 is 1.78. The van der Waals surface area contributed by atoms with E-state index in [4.69, 9.17) is 0 Å². The van der Waals surface area contributed by atoms with Crippen molar-refractivity contribution < 1.29 is 14.7 Å². The van der Waals surface area contributed by atoms with E-state index in [0.29, 0.717) is 6.54 Å². The van der Waals surface area contributed by atoms with Crippen molar-refractivity contribution in [2.45, 2.75) is 39.3 Å². The first-order valence-corrected chi connectivity index (χ1v) is 6.52. The molecule has 0 radical (unpaired) electrons. The quantitative estimate of drug-likeness (QED) is 0.894. The SMILES string of the molecule is CCN1C(=O)CC(C(=O)O)C1c1cnn(C(C)C)c1. The Labute approximate surface area is 112 Å². The lowest BCUT2D eigenvalue weighted by atomic mass is 9.96. The predicted molar refractivity (Wildman–Crippen MR) is 68.5 cm³/mol. The van der Waals surface area contributed by atoms with E-state index in [1.54, 1.807) is 15.8 Å². The molecule has 2 atom stereocenters. The van der Waals surface area contributed by atoms with E-state index in [1.165, 1.54) is 0 Å². The lowest BCUT2D eigenvalue weighted by Crippen LogP contribution is -2.30. The summed E-state index contributed by atoms with van der Waals surface area (Å²) in [5, 5.41) is 13.5. The fraction of sp³-hybridized carbons (Fsp3) is 0.615. The standard InChI is InChI=1S/C13H19N3O3/c1-4-15-11(17)5-10(13(18)19)12(15)9-6-14-16(7-9)8(2)3/h6-8,10,12H,4-5H2,1-3H3,(H,18,19). The van der Waals surface area contributed by atoms with Gasteiger partial charge in [-0.3, -0.25) is 14.3 Å². The van der Waals surface area contributed by atoms with Crippen molar-refractivity contribution >= 4 is 11.9 Å². The van der Waals surface area contributed by atoms with Crippen molar-refractivity contribution in [3.8, 4) is 0 Å². The molecule has 1 fully saturated rings. The molecule has 19 heavy (non-hydrogen) atoms. The number of hydrogen-bond donors (Lipinski definition) is 1. The van der Waals surface area contributed by atoms with Crippen LogP contribution in [0.5, 0.6) is 0 Å². The molecular formula is C13H19N3O3. The topological polar surface area (TPSA) is 75.4 Å². The summed E-state index contributed by atoms with van der Waals surface area (Å²) in [4.78, 5) is 24.8. The van der Waals surface area contributed by atoms with Crippen molar-refractivity contribution in [2.24, 2.45) is 5.92 Å². The zero-order chi connectivity index (χ0) is 14.2. The van der Waals surface area contributed by atoms with Gasteiger partial charge in [0.05, 0.1) is 18.2 Å². The van der Waals surface area contributed by atoms with Crippen LogP contribution in [0.2, 0.25) is 0 Å². The summed E-state index contributed by atoms with van der Waals surface area (Å²) in [7, 11) is 0. The second kappa shape index (κ2) is 5.03. The first-order chi connectivity index (χ1) is 8.95. The Morgan fingerprint density at radius 1 is 1.58 bits per heavy atom. The molecule has 2 heterocycles. The van der Waals surface area contributed by atoms with Gasteiger partial charge in [-0.2, -0.15) is 5.10 Å². The molecule has 0 aromatic carbocycles. The van der Waals surface area contributed by atoms with Crippen LogP contribution in [0.4, 0.5) is 0 Å². The molecule has 2 unspecified atom stereocenters. The molecule has 1 aromatic heterocycles. The van der Waals surface area contributed by atoms with Crippen LogP contribution in [-0.4, -0.2) is 38.2 Å². The Hall–Kier alpha value is -1.85. The molecule has 0 spiro atoms. The second-order valence-electron chi connectivity index (χ2n) is 5.12. The number of nitrogens with zero attached hydrogens (tertiary/aromatic N) is 3. The van der Waals surface area contributed by atoms with E-state index in [9.17, 15) is 14.7 Å². The number of hydrogen-bond acceptors (Lipinski definition) is 3. The van der Waals surface area contributed by atoms with Gasteiger partial charge in [0.25, 0.3) is 0 Å². The summed E-state index contributed by atoms with van der Waals surface area (Å²) >= 11 is 0. The van der Waals surface area contributed by atoms with Gasteiger partial charge >= 0.3 is 5.97 Å². The number of rotatable bonds is 4. The van der Waals surface area contributed by atoms with E-state index in [-0.39, 0.29) is 18.4 Å². The maximum absolute atomic E-state index is 11.9. The fourth-order valence-electron chi connectivity index (χ4n) is 2.58. The average Bonchev–Trinajstić information content (AvgIpc) is 2.92. The summed E-state index contributed by atoms with van der Waals surface area (Å²) in [6, 6.07) is -0.188. The third-order valence-electron chi connectivity index (χ3n) is 3.58. The number of likely N-dealkylation sites (tertiary alicyclic amines) is 1. The lowest BCUT2D eigenvalue weighted by Gasteiger charge is -2.24. The molecule has 104 valence electrons. The second-order valence-corrected chi connectivity index (χ2v) is 5.12. The maximum atomic E-state index is 11.9. The smallest absolute Gasteiger partial charge is 0.309 e. The molecule has 1 saturated heterocycles. The zero-order valence-corrected chi connectivity index (χ0v) is 11.4. The fourth-order valence-corrected chi connectivity index (χ4v) is 2.58. The van der Waals surface area contributed by atoms with Crippen molar-refractivity contribution in [3.63, 3.8) is 0 Å². The van der Waals surface area contributed by atoms with E-state index < -0.39 is 17.9 Å². The van der Waals surface area contributed by atoms with E-state index in [2.05, 4.69) is 5.10 Å². The first-order valence-electron chi connectivity index (χ1n) is 6.52. The van der Waals surface area contributed by atoms with Gasteiger partial charge in [-0.1, -0.05) is 0 Å². The number of carbonyl (C=O) groups excluding carboxylic acids is 1. The zero-order valence-electron chi connectivity index (χ0n) is 11.4. The summed E-state index contributed by atoms with van der Waals surface area (Å²) in [5.41, 5.74) is 0.800. The van der Waals surface area contributed by atoms with Gasteiger partial charge in [0.2, 0.25) is 5.91 Å². The lowest BCUT2D eigenvalue weighted by molar-refractivity contribution is -0.142. The normalized spacial score (nSPS) is 23.4. The van der Waals surface area contributed by atoms with Gasteiger partial charge in [-0.15, -0.1) is 0 Å². The summed E-state index contributed by atoms with van der Waals surface area (Å²) in [6.45, 7) is 6.38. The highest BCUT2D eigenvalue weighted by Crippen LogP contribution is 2.38. The predicted octanol–water partition coefficient (Wildman–Crippen LogP) is 1.46. The van der Waals surface area contributed by atoms with Crippen LogP contribution >= 0.6 is 0 Å². The Balaban J connectivity index is 2.36. The molecule has 1 aliphatic rings. The number of aliphatic carboxylic acids is 1. The Morgan fingerprint density at radius 2 is 2.26 bits per heavy atom. The van der Waals surface area contributed by atoms with Gasteiger partial charge in [0.1, 0.15) is 0 Å². The van der Waals surface area contributed by atoms with Gasteiger partial charge in [-0.05, 0) is 20.8 Å². The number of carbonyl (C=O) groups is 2. The Bertz CT molecular complexity index is 495. The molecule has 6 heteroatoms. The van der Waals surface area contributed by atoms with Crippen LogP contribution in [-0.2, 0) is 9.59 Å². The molecule has 2 rings (SSSR count). The van der Waals surface area contributed by atoms with Gasteiger partial charge in [0.15, 0.2) is 0 Å². The van der Waals surface area contributed by atoms with Crippen LogP contribution in [0.3, 0.4) is 0 Å². The number of carboxylic acid groups (broad SMARTS) is 1. The van der Waals surface area contributed by atoms with Crippen molar-refractivity contribution in [1.29, 1.82) is 0 Å². The van der Waals surface area contributed by atoms with E-state index in [0.717, 1.165) is 5.56 Å². The highest BCUT2D eigenvalue weighted by Gasteiger charge is 2.44. The third kappa shape index (κ3) is 2.34. The average molecular weight is 265 g/mol. The molecule has 0 aliphatic carbocycles. The molecule has 1 aromatic rings. The number of aromatic nitrogens is 2. The van der Waals surface area contributed by atoms with Crippen LogP contribution < -0.4 is 0 Å². The summed E-state index contributed by atoms with van der Waals surface area (Å²) in [5.74, 6) is -1.71. The molecule has 6 nitrogen and oxygen atoms in total. The van der Waals surface area contributed by atoms with Gasteiger partial charge in [-0.25, -0.2) is 0 Å². The molecule has 1 N–H and O–H groups in total. The monoisotopic (exact) mass is 265 g/mol. The Kier molecular flexibility index (Phi) is 3.59. The molecule has 0 saturated carbocycles. The van der Waals surface area contributed by atoms with E-state index >= 15 is 0 Å². The van der Waals surface area contributed by atoms with Crippen LogP contribution in [0, 0.1) is 5.92 Å².